The van der Waals surface area contributed by atoms with E-state index in [1.807, 2.05) is 36.4 Å². The number of methoxy groups -OCH3 is 1. The summed E-state index contributed by atoms with van der Waals surface area (Å²) in [5, 5.41) is 15.6. The van der Waals surface area contributed by atoms with E-state index in [1.54, 1.807) is 29.2 Å². The predicted molar refractivity (Wildman–Crippen MR) is 133 cm³/mol. The van der Waals surface area contributed by atoms with Gasteiger partial charge in [0.1, 0.15) is 12.8 Å². The first-order valence-corrected chi connectivity index (χ1v) is 11.9. The zero-order valence-corrected chi connectivity index (χ0v) is 19.9. The van der Waals surface area contributed by atoms with Crippen molar-refractivity contribution in [2.75, 3.05) is 25.6 Å². The van der Waals surface area contributed by atoms with Crippen LogP contribution in [-0.4, -0.2) is 42.1 Å². The van der Waals surface area contributed by atoms with Gasteiger partial charge in [-0.1, -0.05) is 42.5 Å². The van der Waals surface area contributed by atoms with E-state index < -0.39 is 11.1 Å². The number of anilines is 1. The molecule has 1 amide bonds. The molecule has 1 N–H and O–H groups in total. The van der Waals surface area contributed by atoms with Gasteiger partial charge in [-0.05, 0) is 36.6 Å². The Morgan fingerprint density at radius 1 is 1.11 bits per heavy atom. The number of hydrogen-bond donors (Lipinski definition) is 1. The average Bonchev–Trinajstić information content (AvgIpc) is 3.42. The van der Waals surface area contributed by atoms with E-state index >= 15 is 0 Å². The van der Waals surface area contributed by atoms with Crippen LogP contribution in [-0.2, 0) is 11.3 Å². The minimum absolute atomic E-state index is 0.127. The maximum atomic E-state index is 13.6. The van der Waals surface area contributed by atoms with Crippen molar-refractivity contribution in [3.05, 3.63) is 93.5 Å². The quantitative estimate of drug-likeness (QED) is 0.354. The summed E-state index contributed by atoms with van der Waals surface area (Å²) >= 11 is 0. The minimum atomic E-state index is -0.783. The minimum Gasteiger partial charge on any atom is -0.493 e. The number of hydrogen-bond acceptors (Lipinski definition) is 7. The molecule has 3 aromatic rings. The molecular weight excluding hydrogens is 462 g/mol. The van der Waals surface area contributed by atoms with E-state index in [-0.39, 0.29) is 30.1 Å². The normalized spacial score (nSPS) is 18.9. The van der Waals surface area contributed by atoms with Crippen LogP contribution in [0.15, 0.2) is 66.7 Å². The zero-order chi connectivity index (χ0) is 25.1. The van der Waals surface area contributed by atoms with Gasteiger partial charge in [0, 0.05) is 18.8 Å². The van der Waals surface area contributed by atoms with Gasteiger partial charge in [-0.2, -0.15) is 0 Å². The second kappa shape index (κ2) is 10.2. The fourth-order valence-electron chi connectivity index (χ4n) is 4.68. The third-order valence-corrected chi connectivity index (χ3v) is 6.49. The highest BCUT2D eigenvalue weighted by atomic mass is 16.6. The van der Waals surface area contributed by atoms with Gasteiger partial charge >= 0.3 is 0 Å². The van der Waals surface area contributed by atoms with E-state index in [4.69, 9.17) is 14.2 Å². The summed E-state index contributed by atoms with van der Waals surface area (Å²) in [5.41, 5.74) is 2.20. The van der Waals surface area contributed by atoms with Crippen LogP contribution in [0, 0.1) is 10.1 Å². The molecule has 0 spiro atoms. The number of amides is 1. The summed E-state index contributed by atoms with van der Waals surface area (Å²) in [7, 11) is 1.49. The summed E-state index contributed by atoms with van der Waals surface area (Å²) in [6.07, 6.45) is 0.838. The number of carbonyl (C=O) groups is 1. The van der Waals surface area contributed by atoms with E-state index in [0.717, 1.165) is 18.4 Å². The lowest BCUT2D eigenvalue weighted by atomic mass is 10.0. The fraction of sp³-hybridized carbons (Fsp3) is 0.296. The maximum absolute atomic E-state index is 13.6. The molecule has 2 heterocycles. The molecule has 0 aliphatic carbocycles. The number of benzene rings is 3. The highest BCUT2D eigenvalue weighted by Gasteiger charge is 2.39. The van der Waals surface area contributed by atoms with Crippen molar-refractivity contribution in [2.45, 2.75) is 31.7 Å². The molecule has 2 aliphatic rings. The van der Waals surface area contributed by atoms with Crippen LogP contribution in [0.5, 0.6) is 11.5 Å². The predicted octanol–water partition coefficient (Wildman–Crippen LogP) is 4.93. The van der Waals surface area contributed by atoms with Crippen molar-refractivity contribution in [3.8, 4) is 11.5 Å². The number of nitrogens with zero attached hydrogens (tertiary/aromatic N) is 2. The monoisotopic (exact) mass is 489 g/mol. The van der Waals surface area contributed by atoms with Crippen molar-refractivity contribution in [2.24, 2.45) is 0 Å². The van der Waals surface area contributed by atoms with Crippen LogP contribution in [0.4, 0.5) is 11.4 Å². The van der Waals surface area contributed by atoms with Crippen LogP contribution < -0.4 is 14.8 Å². The molecule has 0 radical (unpaired) electrons. The molecule has 1 fully saturated rings. The largest absolute Gasteiger partial charge is 0.493 e. The Morgan fingerprint density at radius 3 is 2.61 bits per heavy atom. The van der Waals surface area contributed by atoms with Gasteiger partial charge in [0.15, 0.2) is 11.5 Å². The SMILES string of the molecule is COc1cc([C@@H]2Nc3ccccc3C(=O)N2C[C@@H]2CCCO2)c([N+](=O)[O-])cc1OCc1ccccc1. The number of nitrogens with one attached hydrogen (secondary N) is 1. The Bertz CT molecular complexity index is 1260. The van der Waals surface area contributed by atoms with Gasteiger partial charge in [0.05, 0.1) is 35.3 Å². The van der Waals surface area contributed by atoms with Gasteiger partial charge in [-0.15, -0.1) is 0 Å². The molecule has 2 aliphatic heterocycles. The van der Waals surface area contributed by atoms with Crippen molar-refractivity contribution in [1.29, 1.82) is 0 Å². The van der Waals surface area contributed by atoms with E-state index in [2.05, 4.69) is 5.32 Å². The first-order chi connectivity index (χ1) is 17.5. The van der Waals surface area contributed by atoms with Gasteiger partial charge < -0.3 is 24.4 Å². The van der Waals surface area contributed by atoms with Crippen molar-refractivity contribution in [1.82, 2.24) is 4.90 Å². The number of carbonyl (C=O) groups excluding carboxylic acids is 1. The molecule has 9 nitrogen and oxygen atoms in total. The standard InChI is InChI=1S/C27H27N3O6/c1-34-24-14-21(23(30(32)33)15-25(24)36-17-18-8-3-2-4-9-18)26-28-22-12-6-5-11-20(22)27(31)29(26)16-19-10-7-13-35-19/h2-6,8-9,11-12,14-15,19,26,28H,7,10,13,16-17H2,1H3/t19-,26+/m0/s1. The summed E-state index contributed by atoms with van der Waals surface area (Å²) in [4.78, 5) is 26.9. The number of para-hydroxylation sites is 1. The van der Waals surface area contributed by atoms with Crippen LogP contribution in [0.25, 0.3) is 0 Å². The Morgan fingerprint density at radius 2 is 1.89 bits per heavy atom. The molecular formula is C27H27N3O6. The second-order valence-electron chi connectivity index (χ2n) is 8.78. The Hall–Kier alpha value is -4.11. The lowest BCUT2D eigenvalue weighted by molar-refractivity contribution is -0.386. The number of nitro groups is 1. The molecule has 3 aromatic carbocycles. The molecule has 1 saturated heterocycles. The molecule has 5 rings (SSSR count). The van der Waals surface area contributed by atoms with Crippen LogP contribution >= 0.6 is 0 Å². The van der Waals surface area contributed by atoms with Gasteiger partial charge in [-0.3, -0.25) is 14.9 Å². The lowest BCUT2D eigenvalue weighted by Crippen LogP contribution is -2.46. The molecule has 0 bridgehead atoms. The number of fused-ring (bicyclic) bond motifs is 1. The first kappa shape index (κ1) is 23.6. The summed E-state index contributed by atoms with van der Waals surface area (Å²) < 4.78 is 17.3. The van der Waals surface area contributed by atoms with E-state index in [0.29, 0.717) is 35.7 Å². The van der Waals surface area contributed by atoms with Crippen LogP contribution in [0.2, 0.25) is 0 Å². The highest BCUT2D eigenvalue weighted by molar-refractivity contribution is 6.01. The van der Waals surface area contributed by atoms with Crippen LogP contribution in [0.1, 0.15) is 40.5 Å². The van der Waals surface area contributed by atoms with Crippen molar-refractivity contribution >= 4 is 17.3 Å². The van der Waals surface area contributed by atoms with Gasteiger partial charge in [-0.25, -0.2) is 0 Å². The Kier molecular flexibility index (Phi) is 6.73. The molecule has 9 heteroatoms. The summed E-state index contributed by atoms with van der Waals surface area (Å²) in [6, 6.07) is 19.6. The molecule has 36 heavy (non-hydrogen) atoms. The average molecular weight is 490 g/mol. The highest BCUT2D eigenvalue weighted by Crippen LogP contribution is 2.42. The molecule has 0 saturated carbocycles. The fourth-order valence-corrected chi connectivity index (χ4v) is 4.68. The Balaban J connectivity index is 1.54. The smallest absolute Gasteiger partial charge is 0.280 e. The summed E-state index contributed by atoms with van der Waals surface area (Å²) in [5.74, 6) is 0.393. The number of nitro benzene ring substituents is 1. The molecule has 0 aromatic heterocycles. The van der Waals surface area contributed by atoms with Gasteiger partial charge in [0.25, 0.3) is 11.6 Å². The van der Waals surface area contributed by atoms with Gasteiger partial charge in [0.2, 0.25) is 0 Å². The number of ether oxygens (including phenoxy) is 3. The topological polar surface area (TPSA) is 103 Å². The third-order valence-electron chi connectivity index (χ3n) is 6.49. The Labute approximate surface area is 208 Å². The van der Waals surface area contributed by atoms with Crippen molar-refractivity contribution < 1.29 is 23.9 Å². The third kappa shape index (κ3) is 4.70. The molecule has 186 valence electrons. The summed E-state index contributed by atoms with van der Waals surface area (Å²) in [6.45, 7) is 1.19. The first-order valence-electron chi connectivity index (χ1n) is 11.9. The van der Waals surface area contributed by atoms with E-state index in [1.165, 1.54) is 13.2 Å². The number of rotatable bonds is 8. The van der Waals surface area contributed by atoms with Crippen molar-refractivity contribution in [3.63, 3.8) is 0 Å². The van der Waals surface area contributed by atoms with Crippen LogP contribution in [0.3, 0.4) is 0 Å². The van der Waals surface area contributed by atoms with E-state index in [9.17, 15) is 14.9 Å². The lowest BCUT2D eigenvalue weighted by Gasteiger charge is -2.39. The zero-order valence-electron chi connectivity index (χ0n) is 19.9. The second-order valence-corrected chi connectivity index (χ2v) is 8.78. The molecule has 0 unspecified atom stereocenters. The maximum Gasteiger partial charge on any atom is 0.280 e. The molecule has 2 atom stereocenters.